The van der Waals surface area contributed by atoms with Crippen molar-refractivity contribution < 1.29 is 14.3 Å². The van der Waals surface area contributed by atoms with Gasteiger partial charge in [-0.2, -0.15) is 0 Å². The topological polar surface area (TPSA) is 47.6 Å². The maximum Gasteiger partial charge on any atom is 0.258 e. The quantitative estimate of drug-likeness (QED) is 0.904. The minimum Gasteiger partial charge on any atom is -0.483 e. The van der Waals surface area contributed by atoms with Crippen molar-refractivity contribution in [3.8, 4) is 5.75 Å². The molecule has 0 spiro atoms. The third-order valence-electron chi connectivity index (χ3n) is 4.26. The highest BCUT2D eigenvalue weighted by molar-refractivity contribution is 5.77. The number of amides is 1. The van der Waals surface area contributed by atoms with Gasteiger partial charge < -0.3 is 14.8 Å². The maximum absolute atomic E-state index is 11.8. The first-order valence-electron chi connectivity index (χ1n) is 7.95. The van der Waals surface area contributed by atoms with Crippen molar-refractivity contribution in [3.63, 3.8) is 0 Å². The van der Waals surface area contributed by atoms with E-state index in [1.165, 1.54) is 24.0 Å². The SMILES string of the molecule is O=C(COc1cccc2c1CCCC2)NCC1CCCO1. The Labute approximate surface area is 125 Å². The van der Waals surface area contributed by atoms with Gasteiger partial charge in [0, 0.05) is 13.2 Å². The van der Waals surface area contributed by atoms with Crippen LogP contribution in [0.5, 0.6) is 5.75 Å². The molecule has 0 radical (unpaired) electrons. The largest absolute Gasteiger partial charge is 0.483 e. The van der Waals surface area contributed by atoms with Crippen LogP contribution in [0, 0.1) is 0 Å². The van der Waals surface area contributed by atoms with Gasteiger partial charge in [0.05, 0.1) is 6.10 Å². The van der Waals surface area contributed by atoms with Crippen LogP contribution in [0.2, 0.25) is 0 Å². The van der Waals surface area contributed by atoms with E-state index in [0.717, 1.165) is 38.0 Å². The first-order valence-corrected chi connectivity index (χ1v) is 7.95. The number of carbonyl (C=O) groups excluding carboxylic acids is 1. The second-order valence-electron chi connectivity index (χ2n) is 5.83. The van der Waals surface area contributed by atoms with Crippen molar-refractivity contribution in [2.45, 2.75) is 44.6 Å². The van der Waals surface area contributed by atoms with Gasteiger partial charge in [-0.15, -0.1) is 0 Å². The van der Waals surface area contributed by atoms with Crippen LogP contribution >= 0.6 is 0 Å². The molecule has 4 nitrogen and oxygen atoms in total. The number of ether oxygens (including phenoxy) is 2. The van der Waals surface area contributed by atoms with Crippen molar-refractivity contribution in [2.75, 3.05) is 19.8 Å². The van der Waals surface area contributed by atoms with E-state index in [1.807, 2.05) is 12.1 Å². The predicted octanol–water partition coefficient (Wildman–Crippen LogP) is 2.24. The highest BCUT2D eigenvalue weighted by Gasteiger charge is 2.17. The summed E-state index contributed by atoms with van der Waals surface area (Å²) in [4.78, 5) is 11.8. The van der Waals surface area contributed by atoms with Crippen LogP contribution in [0.1, 0.15) is 36.8 Å². The molecule has 21 heavy (non-hydrogen) atoms. The first-order chi connectivity index (χ1) is 10.3. The van der Waals surface area contributed by atoms with E-state index in [4.69, 9.17) is 9.47 Å². The van der Waals surface area contributed by atoms with E-state index in [9.17, 15) is 4.79 Å². The van der Waals surface area contributed by atoms with E-state index in [2.05, 4.69) is 11.4 Å². The number of aryl methyl sites for hydroxylation is 1. The van der Waals surface area contributed by atoms with Crippen molar-refractivity contribution in [3.05, 3.63) is 29.3 Å². The molecule has 1 aromatic rings. The lowest BCUT2D eigenvalue weighted by molar-refractivity contribution is -0.123. The van der Waals surface area contributed by atoms with Crippen LogP contribution in [0.3, 0.4) is 0 Å². The van der Waals surface area contributed by atoms with E-state index >= 15 is 0 Å². The number of carbonyl (C=O) groups is 1. The van der Waals surface area contributed by atoms with Gasteiger partial charge >= 0.3 is 0 Å². The summed E-state index contributed by atoms with van der Waals surface area (Å²) in [5.41, 5.74) is 2.66. The number of rotatable bonds is 5. The maximum atomic E-state index is 11.8. The minimum atomic E-state index is -0.0705. The van der Waals surface area contributed by atoms with Crippen LogP contribution in [0.15, 0.2) is 18.2 Å². The molecule has 1 amide bonds. The third-order valence-corrected chi connectivity index (χ3v) is 4.26. The Morgan fingerprint density at radius 2 is 2.19 bits per heavy atom. The first kappa shape index (κ1) is 14.4. The Hall–Kier alpha value is -1.55. The number of nitrogens with one attached hydrogen (secondary N) is 1. The molecule has 0 saturated carbocycles. The van der Waals surface area contributed by atoms with Crippen LogP contribution in [0.25, 0.3) is 0 Å². The van der Waals surface area contributed by atoms with Gasteiger partial charge in [-0.1, -0.05) is 12.1 Å². The standard InChI is InChI=1S/C17H23NO3/c19-17(18-11-14-7-4-10-20-14)12-21-16-9-3-6-13-5-1-2-8-15(13)16/h3,6,9,14H,1-2,4-5,7-8,10-12H2,(H,18,19). The molecule has 1 unspecified atom stereocenters. The minimum absolute atomic E-state index is 0.0705. The fraction of sp³-hybridized carbons (Fsp3) is 0.588. The molecule has 0 bridgehead atoms. The third kappa shape index (κ3) is 3.76. The number of hydrogen-bond acceptors (Lipinski definition) is 3. The molecule has 1 fully saturated rings. The molecular weight excluding hydrogens is 266 g/mol. The smallest absolute Gasteiger partial charge is 0.258 e. The average Bonchev–Trinajstić information content (AvgIpc) is 3.04. The van der Waals surface area contributed by atoms with E-state index in [1.54, 1.807) is 0 Å². The normalized spacial score (nSPS) is 20.9. The van der Waals surface area contributed by atoms with E-state index < -0.39 is 0 Å². The predicted molar refractivity (Wildman–Crippen MR) is 80.6 cm³/mol. The molecule has 0 aromatic heterocycles. The lowest BCUT2D eigenvalue weighted by Crippen LogP contribution is -2.35. The highest BCUT2D eigenvalue weighted by atomic mass is 16.5. The molecule has 3 rings (SSSR count). The second-order valence-corrected chi connectivity index (χ2v) is 5.83. The summed E-state index contributed by atoms with van der Waals surface area (Å²) in [6.45, 7) is 1.49. The van der Waals surface area contributed by atoms with Crippen molar-refractivity contribution >= 4 is 5.91 Å². The summed E-state index contributed by atoms with van der Waals surface area (Å²) in [7, 11) is 0. The number of benzene rings is 1. The summed E-state index contributed by atoms with van der Waals surface area (Å²) in [5, 5.41) is 2.89. The highest BCUT2D eigenvalue weighted by Crippen LogP contribution is 2.29. The number of fused-ring (bicyclic) bond motifs is 1. The number of hydrogen-bond donors (Lipinski definition) is 1. The summed E-state index contributed by atoms with van der Waals surface area (Å²) >= 11 is 0. The Morgan fingerprint density at radius 3 is 3.05 bits per heavy atom. The van der Waals surface area contributed by atoms with Gasteiger partial charge in [0.1, 0.15) is 5.75 Å². The second kappa shape index (κ2) is 6.94. The van der Waals surface area contributed by atoms with Gasteiger partial charge in [-0.3, -0.25) is 4.79 Å². The Kier molecular flexibility index (Phi) is 4.76. The monoisotopic (exact) mass is 289 g/mol. The molecule has 4 heteroatoms. The zero-order valence-corrected chi connectivity index (χ0v) is 12.4. The Bertz CT molecular complexity index is 495. The zero-order chi connectivity index (χ0) is 14.5. The molecule has 1 aliphatic carbocycles. The van der Waals surface area contributed by atoms with E-state index in [-0.39, 0.29) is 18.6 Å². The zero-order valence-electron chi connectivity index (χ0n) is 12.4. The lowest BCUT2D eigenvalue weighted by Gasteiger charge is -2.19. The van der Waals surface area contributed by atoms with Crippen molar-refractivity contribution in [1.29, 1.82) is 0 Å². The summed E-state index contributed by atoms with van der Waals surface area (Å²) in [6, 6.07) is 6.15. The van der Waals surface area contributed by atoms with Crippen LogP contribution in [-0.2, 0) is 22.4 Å². The van der Waals surface area contributed by atoms with Gasteiger partial charge in [-0.05, 0) is 55.7 Å². The molecule has 1 heterocycles. The van der Waals surface area contributed by atoms with Crippen molar-refractivity contribution in [1.82, 2.24) is 5.32 Å². The molecule has 1 saturated heterocycles. The molecule has 1 aromatic carbocycles. The van der Waals surface area contributed by atoms with Gasteiger partial charge in [0.15, 0.2) is 6.61 Å². The molecular formula is C17H23NO3. The fourth-order valence-corrected chi connectivity index (χ4v) is 3.11. The average molecular weight is 289 g/mol. The fourth-order valence-electron chi connectivity index (χ4n) is 3.11. The molecule has 1 N–H and O–H groups in total. The molecule has 1 atom stereocenters. The summed E-state index contributed by atoms with van der Waals surface area (Å²) in [5.74, 6) is 0.804. The van der Waals surface area contributed by atoms with Crippen LogP contribution in [0.4, 0.5) is 0 Å². The Balaban J connectivity index is 1.49. The molecule has 1 aliphatic heterocycles. The lowest BCUT2D eigenvalue weighted by atomic mass is 9.91. The van der Waals surface area contributed by atoms with Crippen LogP contribution in [-0.4, -0.2) is 31.8 Å². The Morgan fingerprint density at radius 1 is 1.29 bits per heavy atom. The van der Waals surface area contributed by atoms with Gasteiger partial charge in [-0.25, -0.2) is 0 Å². The van der Waals surface area contributed by atoms with Crippen LogP contribution < -0.4 is 10.1 Å². The summed E-state index contributed by atoms with van der Waals surface area (Å²) < 4.78 is 11.2. The van der Waals surface area contributed by atoms with Gasteiger partial charge in [0.2, 0.25) is 0 Å². The summed E-state index contributed by atoms with van der Waals surface area (Å²) in [6.07, 6.45) is 6.94. The van der Waals surface area contributed by atoms with Gasteiger partial charge in [0.25, 0.3) is 5.91 Å². The molecule has 114 valence electrons. The van der Waals surface area contributed by atoms with Crippen molar-refractivity contribution in [2.24, 2.45) is 0 Å². The molecule has 2 aliphatic rings. The van der Waals surface area contributed by atoms with E-state index in [0.29, 0.717) is 6.54 Å².